The number of carbonyl (C=O) groups excluding carboxylic acids is 1. The Morgan fingerprint density at radius 3 is 2.67 bits per heavy atom. The van der Waals surface area contributed by atoms with Crippen LogP contribution in [0.25, 0.3) is 0 Å². The molecule has 0 aliphatic heterocycles. The van der Waals surface area contributed by atoms with Gasteiger partial charge in [0.15, 0.2) is 5.78 Å². The quantitative estimate of drug-likeness (QED) is 0.742. The molecule has 0 amide bonds. The molecular weight excluding hydrogens is 302 g/mol. The summed E-state index contributed by atoms with van der Waals surface area (Å²) < 4.78 is 27.7. The van der Waals surface area contributed by atoms with E-state index in [1.807, 2.05) is 0 Å². The second-order valence-corrected chi connectivity index (χ2v) is 5.33. The molecule has 0 saturated heterocycles. The summed E-state index contributed by atoms with van der Waals surface area (Å²) in [6.45, 7) is 0. The topological polar surface area (TPSA) is 17.1 Å². The second kappa shape index (κ2) is 5.74. The third-order valence-electron chi connectivity index (χ3n) is 3.08. The summed E-state index contributed by atoms with van der Waals surface area (Å²) in [5.41, 5.74) is 0.846. The third-order valence-corrected chi connectivity index (χ3v) is 3.69. The van der Waals surface area contributed by atoms with E-state index < -0.39 is 11.6 Å². The van der Waals surface area contributed by atoms with E-state index in [9.17, 15) is 13.6 Å². The van der Waals surface area contributed by atoms with Gasteiger partial charge in [-0.15, -0.1) is 0 Å². The fraction of sp³-hybridized carbons (Fsp3) is 0.357. The zero-order valence-electron chi connectivity index (χ0n) is 9.81. The molecule has 96 valence electrons. The predicted octanol–water partition coefficient (Wildman–Crippen LogP) is 4.34. The van der Waals surface area contributed by atoms with Crippen LogP contribution in [0.2, 0.25) is 0 Å². The van der Waals surface area contributed by atoms with Crippen molar-refractivity contribution in [3.63, 3.8) is 0 Å². The maximum atomic E-state index is 13.8. The van der Waals surface area contributed by atoms with Crippen molar-refractivity contribution in [1.29, 1.82) is 0 Å². The highest BCUT2D eigenvalue weighted by atomic mass is 79.9. The summed E-state index contributed by atoms with van der Waals surface area (Å²) in [7, 11) is 0. The van der Waals surface area contributed by atoms with Gasteiger partial charge in [0.25, 0.3) is 0 Å². The second-order valence-electron chi connectivity index (χ2n) is 4.47. The van der Waals surface area contributed by atoms with Crippen molar-refractivity contribution in [2.75, 3.05) is 0 Å². The first-order chi connectivity index (χ1) is 8.58. The number of halogens is 3. The Morgan fingerprint density at radius 1 is 1.17 bits per heavy atom. The summed E-state index contributed by atoms with van der Waals surface area (Å²) in [6, 6.07) is 2.59. The molecule has 0 aromatic heterocycles. The van der Waals surface area contributed by atoms with E-state index in [0.717, 1.165) is 24.8 Å². The van der Waals surface area contributed by atoms with Crippen molar-refractivity contribution in [3.05, 3.63) is 45.5 Å². The predicted molar refractivity (Wildman–Crippen MR) is 69.3 cm³/mol. The first kappa shape index (κ1) is 13.4. The lowest BCUT2D eigenvalue weighted by atomic mass is 10.0. The number of ketones is 1. The third kappa shape index (κ3) is 3.05. The number of hydrogen-bond donors (Lipinski definition) is 0. The van der Waals surface area contributed by atoms with Crippen LogP contribution in [0.3, 0.4) is 0 Å². The van der Waals surface area contributed by atoms with E-state index in [-0.39, 0.29) is 22.2 Å². The van der Waals surface area contributed by atoms with Crippen LogP contribution < -0.4 is 0 Å². The van der Waals surface area contributed by atoms with E-state index >= 15 is 0 Å². The van der Waals surface area contributed by atoms with Crippen LogP contribution in [0.5, 0.6) is 0 Å². The van der Waals surface area contributed by atoms with E-state index in [2.05, 4.69) is 15.9 Å². The summed E-state index contributed by atoms with van der Waals surface area (Å²) in [4.78, 5) is 11.4. The summed E-state index contributed by atoms with van der Waals surface area (Å²) in [5.74, 6) is -1.08. The van der Waals surface area contributed by atoms with E-state index in [1.165, 1.54) is 12.1 Å². The Labute approximate surface area is 113 Å². The highest BCUT2D eigenvalue weighted by molar-refractivity contribution is 9.10. The lowest BCUT2D eigenvalue weighted by molar-refractivity contribution is -0.114. The van der Waals surface area contributed by atoms with Gasteiger partial charge in [0.2, 0.25) is 0 Å². The van der Waals surface area contributed by atoms with Gasteiger partial charge in [0.1, 0.15) is 11.6 Å². The van der Waals surface area contributed by atoms with E-state index in [0.29, 0.717) is 6.42 Å². The Kier molecular flexibility index (Phi) is 4.27. The van der Waals surface area contributed by atoms with Crippen molar-refractivity contribution in [2.24, 2.45) is 0 Å². The molecule has 2 rings (SSSR count). The fourth-order valence-electron chi connectivity index (χ4n) is 2.12. The van der Waals surface area contributed by atoms with E-state index in [4.69, 9.17) is 0 Å². The molecule has 0 fully saturated rings. The maximum absolute atomic E-state index is 13.8. The maximum Gasteiger partial charge on any atom is 0.155 e. The van der Waals surface area contributed by atoms with Gasteiger partial charge in [0.05, 0.1) is 4.47 Å². The van der Waals surface area contributed by atoms with Crippen molar-refractivity contribution in [1.82, 2.24) is 0 Å². The molecule has 1 aromatic carbocycles. The minimum absolute atomic E-state index is 0.0327. The molecule has 0 N–H and O–H groups in total. The van der Waals surface area contributed by atoms with Gasteiger partial charge in [-0.1, -0.05) is 5.57 Å². The highest BCUT2D eigenvalue weighted by Crippen LogP contribution is 2.26. The normalized spacial score (nSPS) is 16.4. The first-order valence-electron chi connectivity index (χ1n) is 5.92. The average Bonchev–Trinajstić information content (AvgIpc) is 2.54. The Balaban J connectivity index is 2.28. The van der Waals surface area contributed by atoms with Gasteiger partial charge in [-0.3, -0.25) is 4.79 Å². The number of carbonyl (C=O) groups is 1. The fourth-order valence-corrected chi connectivity index (χ4v) is 2.49. The SMILES string of the molecule is O=C1C=C(Cc2c(F)ccc(Br)c2F)CCCC1. The molecular formula is C14H13BrF2O. The molecule has 0 atom stereocenters. The smallest absolute Gasteiger partial charge is 0.155 e. The van der Waals surface area contributed by atoms with Gasteiger partial charge in [-0.2, -0.15) is 0 Å². The zero-order chi connectivity index (χ0) is 13.1. The van der Waals surface area contributed by atoms with Crippen molar-refractivity contribution in [3.8, 4) is 0 Å². The van der Waals surface area contributed by atoms with Crippen LogP contribution in [0.15, 0.2) is 28.3 Å². The Morgan fingerprint density at radius 2 is 1.89 bits per heavy atom. The minimum Gasteiger partial charge on any atom is -0.295 e. The lowest BCUT2D eigenvalue weighted by Crippen LogP contribution is -2.00. The Hall–Kier alpha value is -1.03. The summed E-state index contributed by atoms with van der Waals surface area (Å²) >= 11 is 3.04. The summed E-state index contributed by atoms with van der Waals surface area (Å²) in [5, 5.41) is 0. The van der Waals surface area contributed by atoms with Gasteiger partial charge >= 0.3 is 0 Å². The molecule has 0 bridgehead atoms. The molecule has 0 saturated carbocycles. The Bertz CT molecular complexity index is 509. The molecule has 0 unspecified atom stereocenters. The van der Waals surface area contributed by atoms with Gasteiger partial charge in [-0.05, 0) is 59.8 Å². The molecule has 1 nitrogen and oxygen atoms in total. The molecule has 1 aromatic rings. The van der Waals surface area contributed by atoms with Crippen molar-refractivity contribution in [2.45, 2.75) is 32.1 Å². The zero-order valence-corrected chi connectivity index (χ0v) is 11.4. The summed E-state index contributed by atoms with van der Waals surface area (Å²) in [6.07, 6.45) is 4.73. The van der Waals surface area contributed by atoms with E-state index in [1.54, 1.807) is 6.08 Å². The van der Waals surface area contributed by atoms with Crippen LogP contribution in [-0.4, -0.2) is 5.78 Å². The first-order valence-corrected chi connectivity index (χ1v) is 6.72. The largest absolute Gasteiger partial charge is 0.295 e. The molecule has 0 heterocycles. The molecule has 4 heteroatoms. The van der Waals surface area contributed by atoms with Crippen molar-refractivity contribution < 1.29 is 13.6 Å². The molecule has 0 spiro atoms. The molecule has 1 aliphatic carbocycles. The molecule has 1 aliphatic rings. The van der Waals surface area contributed by atoms with Gasteiger partial charge in [-0.25, -0.2) is 8.78 Å². The number of benzene rings is 1. The average molecular weight is 315 g/mol. The van der Waals surface area contributed by atoms with Gasteiger partial charge < -0.3 is 0 Å². The number of hydrogen-bond acceptors (Lipinski definition) is 1. The van der Waals surface area contributed by atoms with Crippen molar-refractivity contribution >= 4 is 21.7 Å². The van der Waals surface area contributed by atoms with Crippen LogP contribution in [0.4, 0.5) is 8.78 Å². The van der Waals surface area contributed by atoms with Crippen LogP contribution in [-0.2, 0) is 11.2 Å². The highest BCUT2D eigenvalue weighted by Gasteiger charge is 2.16. The number of allylic oxidation sites excluding steroid dienone is 2. The lowest BCUT2D eigenvalue weighted by Gasteiger charge is -2.08. The van der Waals surface area contributed by atoms with Crippen LogP contribution >= 0.6 is 15.9 Å². The standard InChI is InChI=1S/C14H13BrF2O/c15-12-5-6-13(16)11(14(12)17)8-9-3-1-2-4-10(18)7-9/h5-7H,1-4,8H2. The minimum atomic E-state index is -0.576. The molecule has 0 radical (unpaired) electrons. The van der Waals surface area contributed by atoms with Gasteiger partial charge in [0, 0.05) is 12.0 Å². The van der Waals surface area contributed by atoms with Crippen LogP contribution in [0, 0.1) is 11.6 Å². The van der Waals surface area contributed by atoms with Crippen LogP contribution in [0.1, 0.15) is 31.2 Å². The monoisotopic (exact) mass is 314 g/mol. The molecule has 18 heavy (non-hydrogen) atoms. The number of rotatable bonds is 2.